The molecule has 136 valence electrons. The van der Waals surface area contributed by atoms with Crippen molar-refractivity contribution in [1.29, 1.82) is 0 Å². The molecule has 0 amide bonds. The van der Waals surface area contributed by atoms with Crippen molar-refractivity contribution in [3.63, 3.8) is 0 Å². The molecule has 23 heavy (non-hydrogen) atoms. The summed E-state index contributed by atoms with van der Waals surface area (Å²) in [5.41, 5.74) is 0. The summed E-state index contributed by atoms with van der Waals surface area (Å²) in [6, 6.07) is 0. The van der Waals surface area contributed by atoms with Gasteiger partial charge in [-0.25, -0.2) is 0 Å². The van der Waals surface area contributed by atoms with E-state index in [4.69, 9.17) is 0 Å². The number of fused-ring (bicyclic) bond motifs is 1. The monoisotopic (exact) mass is 429 g/mol. The van der Waals surface area contributed by atoms with Gasteiger partial charge in [-0.1, -0.05) is 0 Å². The molecule has 2 aliphatic rings. The molecule has 1 saturated heterocycles. The molecule has 0 N–H and O–H groups in total. The molecule has 1 heterocycles. The van der Waals surface area contributed by atoms with Gasteiger partial charge in [0.15, 0.2) is 0 Å². The number of unbranched alkanes of at least 4 members (excludes halogenated alkanes) is 3. The van der Waals surface area contributed by atoms with E-state index in [0.29, 0.717) is 0 Å². The first kappa shape index (κ1) is 20.1. The summed E-state index contributed by atoms with van der Waals surface area (Å²) < 4.78 is 6.19. The topological polar surface area (TPSA) is 3.24 Å². The standard InChI is InChI=1S/C9H16N.3C4H9.Sn/c1-10-6-8-4-2-3-5-9(8)7-10;3*1-3-4-2;/h6,8-9H,2-5,7H2,1H3;3*1,3-4H2,2H3;/t8-,9-;;;;/m0..../s1. The van der Waals surface area contributed by atoms with Crippen molar-refractivity contribution in [2.75, 3.05) is 13.6 Å². The zero-order valence-electron chi connectivity index (χ0n) is 16.6. The first-order chi connectivity index (χ1) is 11.2. The second kappa shape index (κ2) is 10.0. The molecular weight excluding hydrogens is 385 g/mol. The van der Waals surface area contributed by atoms with E-state index in [-0.39, 0.29) is 0 Å². The molecule has 2 rings (SSSR count). The van der Waals surface area contributed by atoms with Crippen molar-refractivity contribution < 1.29 is 0 Å². The van der Waals surface area contributed by atoms with E-state index in [0.717, 1.165) is 15.9 Å². The van der Waals surface area contributed by atoms with Gasteiger partial charge in [0.05, 0.1) is 0 Å². The van der Waals surface area contributed by atoms with Crippen LogP contribution in [0.15, 0.2) is 0 Å². The van der Waals surface area contributed by atoms with Crippen LogP contribution in [0, 0.1) is 11.8 Å². The summed E-state index contributed by atoms with van der Waals surface area (Å²) in [6.45, 7) is 8.69. The van der Waals surface area contributed by atoms with Gasteiger partial charge in [0.2, 0.25) is 0 Å². The molecule has 3 atom stereocenters. The van der Waals surface area contributed by atoms with Gasteiger partial charge in [-0.2, -0.15) is 0 Å². The van der Waals surface area contributed by atoms with Gasteiger partial charge >= 0.3 is 151 Å². The second-order valence-corrected chi connectivity index (χ2v) is 22.5. The van der Waals surface area contributed by atoms with Crippen molar-refractivity contribution in [3.8, 4) is 0 Å². The van der Waals surface area contributed by atoms with Crippen molar-refractivity contribution in [1.82, 2.24) is 4.90 Å². The average molecular weight is 428 g/mol. The zero-order valence-corrected chi connectivity index (χ0v) is 19.4. The van der Waals surface area contributed by atoms with E-state index in [2.05, 4.69) is 32.7 Å². The van der Waals surface area contributed by atoms with Gasteiger partial charge < -0.3 is 0 Å². The molecule has 1 saturated carbocycles. The number of hydrogen-bond acceptors (Lipinski definition) is 1. The fourth-order valence-electron chi connectivity index (χ4n) is 6.02. The Labute approximate surface area is 150 Å². The summed E-state index contributed by atoms with van der Waals surface area (Å²) in [5.74, 6) is 2.18. The number of likely N-dealkylation sites (tertiary alicyclic amines) is 1. The Kier molecular flexibility index (Phi) is 8.76. The molecule has 0 radical (unpaired) electrons. The Morgan fingerprint density at radius 3 is 1.87 bits per heavy atom. The van der Waals surface area contributed by atoms with Gasteiger partial charge in [-0.15, -0.1) is 0 Å². The quantitative estimate of drug-likeness (QED) is 0.360. The summed E-state index contributed by atoms with van der Waals surface area (Å²) in [6.07, 6.45) is 15.0. The molecule has 0 spiro atoms. The van der Waals surface area contributed by atoms with E-state index >= 15 is 0 Å². The summed E-state index contributed by atoms with van der Waals surface area (Å²) in [5, 5.41) is 0. The molecule has 0 bridgehead atoms. The molecule has 0 aromatic carbocycles. The van der Waals surface area contributed by atoms with E-state index in [9.17, 15) is 0 Å². The predicted molar refractivity (Wildman–Crippen MR) is 107 cm³/mol. The fourth-order valence-corrected chi connectivity index (χ4v) is 26.6. The van der Waals surface area contributed by atoms with E-state index in [1.165, 1.54) is 57.9 Å². The normalized spacial score (nSPS) is 29.0. The second-order valence-electron chi connectivity index (χ2n) is 8.77. The van der Waals surface area contributed by atoms with Gasteiger partial charge in [-0.3, -0.25) is 0 Å². The summed E-state index contributed by atoms with van der Waals surface area (Å²) in [7, 11) is 2.51. The molecule has 0 unspecified atom stereocenters. The molecule has 1 nitrogen and oxygen atoms in total. The van der Waals surface area contributed by atoms with E-state index in [1.54, 1.807) is 26.2 Å². The van der Waals surface area contributed by atoms with Crippen LogP contribution >= 0.6 is 0 Å². The molecule has 0 aromatic heterocycles. The minimum atomic E-state index is -2.09. The van der Waals surface area contributed by atoms with Crippen LogP contribution in [0.25, 0.3) is 0 Å². The van der Waals surface area contributed by atoms with E-state index < -0.39 is 18.4 Å². The Hall–Kier alpha value is 0.759. The Morgan fingerprint density at radius 2 is 1.35 bits per heavy atom. The molecular formula is C21H43NSn. The number of hydrogen-bond donors (Lipinski definition) is 0. The Bertz CT molecular complexity index is 308. The molecule has 1 aliphatic carbocycles. The Morgan fingerprint density at radius 1 is 0.826 bits per heavy atom. The van der Waals surface area contributed by atoms with Gasteiger partial charge in [-0.05, 0) is 0 Å². The molecule has 1 aliphatic heterocycles. The van der Waals surface area contributed by atoms with Crippen LogP contribution < -0.4 is 0 Å². The molecule has 0 aromatic rings. The van der Waals surface area contributed by atoms with Crippen LogP contribution in [0.3, 0.4) is 0 Å². The molecule has 2 fully saturated rings. The van der Waals surface area contributed by atoms with Gasteiger partial charge in [0.1, 0.15) is 0 Å². The van der Waals surface area contributed by atoms with Crippen molar-refractivity contribution in [2.24, 2.45) is 11.8 Å². The maximum absolute atomic E-state index is 2.91. The van der Waals surface area contributed by atoms with Crippen LogP contribution in [0.1, 0.15) is 85.0 Å². The van der Waals surface area contributed by atoms with Crippen molar-refractivity contribution in [3.05, 3.63) is 0 Å². The summed E-state index contributed by atoms with van der Waals surface area (Å²) >= 11 is -2.09. The van der Waals surface area contributed by atoms with Gasteiger partial charge in [0.25, 0.3) is 0 Å². The maximum atomic E-state index is 2.91. The van der Waals surface area contributed by atoms with Crippen LogP contribution in [0.5, 0.6) is 0 Å². The minimum absolute atomic E-state index is 1.07. The predicted octanol–water partition coefficient (Wildman–Crippen LogP) is 6.50. The Balaban J connectivity index is 2.23. The van der Waals surface area contributed by atoms with Crippen LogP contribution in [-0.2, 0) is 0 Å². The SMILES string of the molecule is CCC[CH2][Sn]([CH2]CCC)([CH2]CCC)[C@H]1[C@@H]2CCCC[C@H]2CN1C. The first-order valence-electron chi connectivity index (χ1n) is 10.9. The van der Waals surface area contributed by atoms with Gasteiger partial charge in [0, 0.05) is 0 Å². The summed E-state index contributed by atoms with van der Waals surface area (Å²) in [4.78, 5) is 2.91. The van der Waals surface area contributed by atoms with Crippen LogP contribution in [-0.4, -0.2) is 40.9 Å². The third-order valence-electron chi connectivity index (χ3n) is 7.08. The number of rotatable bonds is 10. The van der Waals surface area contributed by atoms with Crippen molar-refractivity contribution in [2.45, 2.75) is 102 Å². The zero-order chi connectivity index (χ0) is 16.7. The third kappa shape index (κ3) is 4.90. The van der Waals surface area contributed by atoms with Crippen molar-refractivity contribution >= 4 is 18.4 Å². The average Bonchev–Trinajstić information content (AvgIpc) is 2.91. The fraction of sp³-hybridized carbons (Fsp3) is 1.00. The first-order valence-corrected chi connectivity index (χ1v) is 18.6. The molecule has 2 heteroatoms. The number of nitrogens with zero attached hydrogens (tertiary/aromatic N) is 1. The third-order valence-corrected chi connectivity index (χ3v) is 24.7. The van der Waals surface area contributed by atoms with E-state index in [1.807, 2.05) is 0 Å². The van der Waals surface area contributed by atoms with Crippen LogP contribution in [0.2, 0.25) is 13.3 Å². The van der Waals surface area contributed by atoms with Crippen LogP contribution in [0.4, 0.5) is 0 Å².